The third-order valence-corrected chi connectivity index (χ3v) is 6.53. The minimum absolute atomic E-state index is 0.532. The first-order chi connectivity index (χ1) is 7.00. The Morgan fingerprint density at radius 3 is 2.20 bits per heavy atom. The Hall–Kier alpha value is -0.243. The summed E-state index contributed by atoms with van der Waals surface area (Å²) >= 11 is 0. The Balaban J connectivity index is 2.01. The van der Waals surface area contributed by atoms with Gasteiger partial charge in [-0.05, 0) is 18.8 Å². The highest BCUT2D eigenvalue weighted by molar-refractivity contribution is 6.78. The van der Waals surface area contributed by atoms with Gasteiger partial charge in [0.1, 0.15) is 6.10 Å². The van der Waals surface area contributed by atoms with Gasteiger partial charge in [0.15, 0.2) is 0 Å². The van der Waals surface area contributed by atoms with Crippen molar-refractivity contribution < 1.29 is 4.74 Å². The maximum atomic E-state index is 5.86. The van der Waals surface area contributed by atoms with E-state index in [0.717, 1.165) is 17.2 Å². The van der Waals surface area contributed by atoms with E-state index < -0.39 is 8.07 Å². The summed E-state index contributed by atoms with van der Waals surface area (Å²) < 4.78 is 5.86. The summed E-state index contributed by atoms with van der Waals surface area (Å²) in [4.78, 5) is 0. The summed E-state index contributed by atoms with van der Waals surface area (Å²) in [6, 6.07) is 0. The van der Waals surface area contributed by atoms with E-state index in [4.69, 9.17) is 4.74 Å². The standard InChI is InChI=1S/C13H24OSi/c1-10-13(15(2,3)4)12(14-10)11-8-6-5-7-9-11/h11-13H,1,5-9H2,2-4H3. The molecule has 1 saturated carbocycles. The molecular formula is C13H24OSi. The van der Waals surface area contributed by atoms with Crippen LogP contribution in [0.3, 0.4) is 0 Å². The van der Waals surface area contributed by atoms with Crippen LogP contribution in [0.5, 0.6) is 0 Å². The van der Waals surface area contributed by atoms with Crippen LogP contribution < -0.4 is 0 Å². The summed E-state index contributed by atoms with van der Waals surface area (Å²) in [5, 5.41) is 0. The van der Waals surface area contributed by atoms with Crippen LogP contribution in [0.25, 0.3) is 0 Å². The zero-order valence-corrected chi connectivity index (χ0v) is 11.4. The number of hydrogen-bond donors (Lipinski definition) is 0. The third kappa shape index (κ3) is 2.15. The largest absolute Gasteiger partial charge is 0.495 e. The smallest absolute Gasteiger partial charge is 0.108 e. The van der Waals surface area contributed by atoms with Gasteiger partial charge in [-0.2, -0.15) is 0 Å². The maximum absolute atomic E-state index is 5.86. The first-order valence-electron chi connectivity index (χ1n) is 6.35. The van der Waals surface area contributed by atoms with Crippen LogP contribution in [0.4, 0.5) is 0 Å². The molecule has 2 unspecified atom stereocenters. The van der Waals surface area contributed by atoms with Gasteiger partial charge in [0, 0.05) is 5.54 Å². The quantitative estimate of drug-likeness (QED) is 0.639. The van der Waals surface area contributed by atoms with E-state index >= 15 is 0 Å². The lowest BCUT2D eigenvalue weighted by atomic mass is 9.82. The van der Waals surface area contributed by atoms with E-state index in [1.807, 2.05) is 0 Å². The zero-order chi connectivity index (χ0) is 11.1. The Morgan fingerprint density at radius 1 is 1.13 bits per heavy atom. The highest BCUT2D eigenvalue weighted by atomic mass is 28.3. The minimum atomic E-state index is -1.11. The molecule has 2 heteroatoms. The molecule has 1 aliphatic heterocycles. The van der Waals surface area contributed by atoms with E-state index in [1.54, 1.807) is 0 Å². The van der Waals surface area contributed by atoms with Gasteiger partial charge in [0.2, 0.25) is 0 Å². The fourth-order valence-electron chi connectivity index (χ4n) is 3.23. The summed E-state index contributed by atoms with van der Waals surface area (Å²) in [7, 11) is -1.11. The van der Waals surface area contributed by atoms with Gasteiger partial charge in [-0.1, -0.05) is 45.5 Å². The molecule has 2 aliphatic rings. The van der Waals surface area contributed by atoms with Crippen LogP contribution in [0.2, 0.25) is 25.2 Å². The summed E-state index contributed by atoms with van der Waals surface area (Å²) in [6.07, 6.45) is 7.56. The van der Waals surface area contributed by atoms with Gasteiger partial charge in [0.25, 0.3) is 0 Å². The molecular weight excluding hydrogens is 200 g/mol. The second-order valence-corrected chi connectivity index (χ2v) is 11.6. The predicted octanol–water partition coefficient (Wildman–Crippen LogP) is 4.19. The number of hydrogen-bond acceptors (Lipinski definition) is 1. The lowest BCUT2D eigenvalue weighted by molar-refractivity contribution is -0.0339. The Labute approximate surface area is 94.9 Å². The Morgan fingerprint density at radius 2 is 1.73 bits per heavy atom. The van der Waals surface area contributed by atoms with Gasteiger partial charge in [-0.3, -0.25) is 0 Å². The first kappa shape index (κ1) is 11.2. The molecule has 1 heterocycles. The average Bonchev–Trinajstić information content (AvgIpc) is 2.12. The first-order valence-corrected chi connectivity index (χ1v) is 9.93. The molecule has 0 bridgehead atoms. The van der Waals surface area contributed by atoms with Crippen molar-refractivity contribution in [3.8, 4) is 0 Å². The molecule has 0 amide bonds. The molecule has 15 heavy (non-hydrogen) atoms. The molecule has 1 nitrogen and oxygen atoms in total. The number of rotatable bonds is 2. The van der Waals surface area contributed by atoms with Crippen LogP contribution in [-0.4, -0.2) is 14.2 Å². The second-order valence-electron chi connectivity index (χ2n) is 6.29. The lowest BCUT2D eigenvalue weighted by Crippen LogP contribution is -2.50. The molecule has 0 N–H and O–H groups in total. The van der Waals surface area contributed by atoms with Crippen LogP contribution in [0.15, 0.2) is 12.3 Å². The average molecular weight is 224 g/mol. The van der Waals surface area contributed by atoms with E-state index in [-0.39, 0.29) is 0 Å². The molecule has 0 aromatic carbocycles. The van der Waals surface area contributed by atoms with Crippen LogP contribution in [-0.2, 0) is 4.74 Å². The van der Waals surface area contributed by atoms with Gasteiger partial charge >= 0.3 is 0 Å². The van der Waals surface area contributed by atoms with E-state index in [2.05, 4.69) is 26.2 Å². The summed E-state index contributed by atoms with van der Waals surface area (Å²) in [5.74, 6) is 1.92. The molecule has 1 saturated heterocycles. The second kappa shape index (κ2) is 3.97. The van der Waals surface area contributed by atoms with Crippen LogP contribution in [0, 0.1) is 5.92 Å². The zero-order valence-electron chi connectivity index (χ0n) is 10.4. The van der Waals surface area contributed by atoms with Gasteiger partial charge in [-0.15, -0.1) is 0 Å². The minimum Gasteiger partial charge on any atom is -0.495 e. The summed E-state index contributed by atoms with van der Waals surface area (Å²) in [6.45, 7) is 11.4. The van der Waals surface area contributed by atoms with Crippen molar-refractivity contribution in [2.45, 2.75) is 63.4 Å². The van der Waals surface area contributed by atoms with Crippen molar-refractivity contribution >= 4 is 8.07 Å². The summed E-state index contributed by atoms with van der Waals surface area (Å²) in [5.41, 5.74) is 0.723. The van der Waals surface area contributed by atoms with E-state index in [1.165, 1.54) is 32.1 Å². The van der Waals surface area contributed by atoms with Gasteiger partial charge in [-0.25, -0.2) is 0 Å². The Kier molecular flexibility index (Phi) is 2.97. The highest BCUT2D eigenvalue weighted by Crippen LogP contribution is 2.50. The molecule has 0 aromatic heterocycles. The predicted molar refractivity (Wildman–Crippen MR) is 67.7 cm³/mol. The third-order valence-electron chi connectivity index (χ3n) is 4.01. The van der Waals surface area contributed by atoms with Crippen molar-refractivity contribution in [1.29, 1.82) is 0 Å². The van der Waals surface area contributed by atoms with Gasteiger partial charge < -0.3 is 4.74 Å². The van der Waals surface area contributed by atoms with Crippen molar-refractivity contribution in [2.24, 2.45) is 5.92 Å². The molecule has 0 aromatic rings. The molecule has 2 rings (SSSR count). The molecule has 86 valence electrons. The maximum Gasteiger partial charge on any atom is 0.108 e. The molecule has 1 aliphatic carbocycles. The van der Waals surface area contributed by atoms with Crippen LogP contribution >= 0.6 is 0 Å². The molecule has 0 radical (unpaired) electrons. The van der Waals surface area contributed by atoms with E-state index in [0.29, 0.717) is 6.10 Å². The van der Waals surface area contributed by atoms with Crippen molar-refractivity contribution in [2.75, 3.05) is 0 Å². The van der Waals surface area contributed by atoms with Crippen molar-refractivity contribution in [3.63, 3.8) is 0 Å². The topological polar surface area (TPSA) is 9.23 Å². The Bertz CT molecular complexity index is 248. The van der Waals surface area contributed by atoms with Crippen molar-refractivity contribution in [1.82, 2.24) is 0 Å². The van der Waals surface area contributed by atoms with E-state index in [9.17, 15) is 0 Å². The highest BCUT2D eigenvalue weighted by Gasteiger charge is 2.49. The monoisotopic (exact) mass is 224 g/mol. The fourth-order valence-corrected chi connectivity index (χ4v) is 5.59. The SMILES string of the molecule is C=C1OC(C2CCCCC2)C1[Si](C)(C)C. The lowest BCUT2D eigenvalue weighted by Gasteiger charge is -2.50. The fraction of sp³-hybridized carbons (Fsp3) is 0.846. The molecule has 0 spiro atoms. The normalized spacial score (nSPS) is 33.4. The molecule has 2 atom stereocenters. The molecule has 2 fully saturated rings. The van der Waals surface area contributed by atoms with Gasteiger partial charge in [0.05, 0.1) is 13.8 Å². The number of ether oxygens (including phenoxy) is 1. The van der Waals surface area contributed by atoms with Crippen LogP contribution in [0.1, 0.15) is 32.1 Å². The van der Waals surface area contributed by atoms with Crippen molar-refractivity contribution in [3.05, 3.63) is 12.3 Å².